The number of ketones is 1. The van der Waals surface area contributed by atoms with E-state index >= 15 is 0 Å². The fourth-order valence-corrected chi connectivity index (χ4v) is 1.57. The predicted molar refractivity (Wildman–Crippen MR) is 57.5 cm³/mol. The number of carbonyl (C=O) groups excluding carboxylic acids is 1. The van der Waals surface area contributed by atoms with Crippen molar-refractivity contribution in [2.45, 2.75) is 0 Å². The summed E-state index contributed by atoms with van der Waals surface area (Å²) < 4.78 is 0.0881. The lowest BCUT2D eigenvalue weighted by Crippen LogP contribution is -2.01. The van der Waals surface area contributed by atoms with Gasteiger partial charge in [0.15, 0.2) is 5.78 Å². The summed E-state index contributed by atoms with van der Waals surface area (Å²) >= 11 is 8.23. The number of hydrogen-bond donors (Lipinski definition) is 1. The SMILES string of the molecule is O=C(CCl)c1cc(Br)c(O)c([N+](=O)[O-])c1. The maximum atomic E-state index is 11.2. The number of phenolic OH excluding ortho intramolecular Hbond substituents is 1. The minimum Gasteiger partial charge on any atom is -0.501 e. The smallest absolute Gasteiger partial charge is 0.312 e. The van der Waals surface area contributed by atoms with Crippen molar-refractivity contribution in [1.29, 1.82) is 0 Å². The molecular formula is C8H5BrClNO4. The average molecular weight is 294 g/mol. The quantitative estimate of drug-likeness (QED) is 0.402. The second kappa shape index (κ2) is 4.59. The molecule has 0 aliphatic carbocycles. The summed E-state index contributed by atoms with van der Waals surface area (Å²) in [5, 5.41) is 19.8. The zero-order valence-electron chi connectivity index (χ0n) is 7.24. The van der Waals surface area contributed by atoms with Gasteiger partial charge in [0.05, 0.1) is 15.3 Å². The van der Waals surface area contributed by atoms with Crippen LogP contribution in [0.15, 0.2) is 16.6 Å². The van der Waals surface area contributed by atoms with E-state index in [9.17, 15) is 20.0 Å². The Hall–Kier alpha value is -1.14. The maximum absolute atomic E-state index is 11.2. The number of aromatic hydroxyl groups is 1. The van der Waals surface area contributed by atoms with Gasteiger partial charge in [0.2, 0.25) is 5.75 Å². The van der Waals surface area contributed by atoms with Gasteiger partial charge in [-0.3, -0.25) is 14.9 Å². The van der Waals surface area contributed by atoms with Crippen molar-refractivity contribution in [3.8, 4) is 5.75 Å². The number of benzene rings is 1. The Morgan fingerprint density at radius 2 is 2.20 bits per heavy atom. The van der Waals surface area contributed by atoms with Crippen molar-refractivity contribution in [2.24, 2.45) is 0 Å². The standard InChI is InChI=1S/C8H5BrClNO4/c9-5-1-4(7(12)3-10)2-6(8(5)13)11(14)15/h1-2,13H,3H2. The second-order valence-corrected chi connectivity index (χ2v) is 3.76. The zero-order chi connectivity index (χ0) is 11.6. The van der Waals surface area contributed by atoms with Gasteiger partial charge in [-0.25, -0.2) is 0 Å². The van der Waals surface area contributed by atoms with Crippen molar-refractivity contribution in [2.75, 3.05) is 5.88 Å². The van der Waals surface area contributed by atoms with Crippen LogP contribution < -0.4 is 0 Å². The lowest BCUT2D eigenvalue weighted by molar-refractivity contribution is -0.386. The number of halogens is 2. The Morgan fingerprint density at radius 1 is 1.60 bits per heavy atom. The highest BCUT2D eigenvalue weighted by molar-refractivity contribution is 9.10. The summed E-state index contributed by atoms with van der Waals surface area (Å²) in [5.74, 6) is -1.22. The van der Waals surface area contributed by atoms with E-state index in [0.29, 0.717) is 0 Å². The van der Waals surface area contributed by atoms with E-state index in [1.807, 2.05) is 0 Å². The van der Waals surface area contributed by atoms with Gasteiger partial charge < -0.3 is 5.11 Å². The molecule has 1 N–H and O–H groups in total. The lowest BCUT2D eigenvalue weighted by atomic mass is 10.1. The van der Waals surface area contributed by atoms with E-state index in [1.54, 1.807) is 0 Å². The van der Waals surface area contributed by atoms with Gasteiger partial charge in [-0.2, -0.15) is 0 Å². The van der Waals surface area contributed by atoms with E-state index in [2.05, 4.69) is 15.9 Å². The predicted octanol–water partition coefficient (Wildman–Crippen LogP) is 2.48. The summed E-state index contributed by atoms with van der Waals surface area (Å²) in [4.78, 5) is 20.9. The number of carbonyl (C=O) groups is 1. The van der Waals surface area contributed by atoms with E-state index in [1.165, 1.54) is 6.07 Å². The lowest BCUT2D eigenvalue weighted by Gasteiger charge is -2.02. The number of nitro benzene ring substituents is 1. The largest absolute Gasteiger partial charge is 0.501 e. The molecule has 80 valence electrons. The molecule has 0 aromatic heterocycles. The molecule has 0 bridgehead atoms. The Bertz CT molecular complexity index is 435. The first-order valence-corrected chi connectivity index (χ1v) is 5.06. The number of Topliss-reactive ketones (excluding diaryl/α,β-unsaturated/α-hetero) is 1. The normalized spacial score (nSPS) is 10.0. The molecule has 1 aromatic carbocycles. The van der Waals surface area contributed by atoms with E-state index in [0.717, 1.165) is 6.07 Å². The van der Waals surface area contributed by atoms with Crippen LogP contribution >= 0.6 is 27.5 Å². The Labute approximate surface area is 97.9 Å². The average Bonchev–Trinajstić information content (AvgIpc) is 2.20. The van der Waals surface area contributed by atoms with E-state index < -0.39 is 22.1 Å². The van der Waals surface area contributed by atoms with Gasteiger partial charge in [-0.1, -0.05) is 0 Å². The van der Waals surface area contributed by atoms with Crippen LogP contribution in [0.3, 0.4) is 0 Å². The van der Waals surface area contributed by atoms with Crippen LogP contribution in [-0.4, -0.2) is 21.7 Å². The van der Waals surface area contributed by atoms with E-state index in [-0.39, 0.29) is 15.9 Å². The third-order valence-electron chi connectivity index (χ3n) is 1.68. The molecule has 0 radical (unpaired) electrons. The maximum Gasteiger partial charge on any atom is 0.312 e. The number of phenols is 1. The summed E-state index contributed by atoms with van der Waals surface area (Å²) in [5.41, 5.74) is -0.445. The van der Waals surface area contributed by atoms with Crippen molar-refractivity contribution in [1.82, 2.24) is 0 Å². The number of alkyl halides is 1. The molecule has 5 nitrogen and oxygen atoms in total. The molecule has 0 spiro atoms. The second-order valence-electron chi connectivity index (χ2n) is 2.64. The molecule has 0 aliphatic heterocycles. The number of hydrogen-bond acceptors (Lipinski definition) is 4. The minimum absolute atomic E-state index is 0.0846. The first-order valence-electron chi connectivity index (χ1n) is 3.73. The summed E-state index contributed by atoms with van der Waals surface area (Å²) in [6.07, 6.45) is 0. The Morgan fingerprint density at radius 3 is 2.67 bits per heavy atom. The van der Waals surface area contributed by atoms with Gasteiger partial charge in [0.25, 0.3) is 0 Å². The van der Waals surface area contributed by atoms with Crippen molar-refractivity contribution < 1.29 is 14.8 Å². The number of nitro groups is 1. The molecule has 1 rings (SSSR count). The van der Waals surface area contributed by atoms with Crippen LogP contribution in [0, 0.1) is 10.1 Å². The first kappa shape index (κ1) is 11.9. The Kier molecular flexibility index (Phi) is 3.65. The summed E-state index contributed by atoms with van der Waals surface area (Å²) in [6.45, 7) is 0. The molecule has 0 saturated heterocycles. The third-order valence-corrected chi connectivity index (χ3v) is 2.53. The number of nitrogens with zero attached hydrogens (tertiary/aromatic N) is 1. The van der Waals surface area contributed by atoms with Crippen molar-refractivity contribution in [3.05, 3.63) is 32.3 Å². The molecule has 15 heavy (non-hydrogen) atoms. The van der Waals surface area contributed by atoms with Gasteiger partial charge in [0, 0.05) is 11.6 Å². The van der Waals surface area contributed by atoms with Crippen molar-refractivity contribution in [3.63, 3.8) is 0 Å². The van der Waals surface area contributed by atoms with Crippen LogP contribution in [0.4, 0.5) is 5.69 Å². The topological polar surface area (TPSA) is 80.4 Å². The molecule has 0 unspecified atom stereocenters. The van der Waals surface area contributed by atoms with Gasteiger partial charge >= 0.3 is 5.69 Å². The Balaban J connectivity index is 3.35. The summed E-state index contributed by atoms with van der Waals surface area (Å²) in [7, 11) is 0. The van der Waals surface area contributed by atoms with Gasteiger partial charge in [-0.15, -0.1) is 11.6 Å². The highest BCUT2D eigenvalue weighted by Crippen LogP contribution is 2.35. The van der Waals surface area contributed by atoms with Crippen LogP contribution in [0.25, 0.3) is 0 Å². The van der Waals surface area contributed by atoms with Gasteiger partial charge in [0.1, 0.15) is 0 Å². The molecule has 0 fully saturated rings. The summed E-state index contributed by atoms with van der Waals surface area (Å²) in [6, 6.07) is 2.28. The van der Waals surface area contributed by atoms with Crippen LogP contribution in [-0.2, 0) is 0 Å². The minimum atomic E-state index is -0.773. The molecule has 0 atom stereocenters. The fourth-order valence-electron chi connectivity index (χ4n) is 0.962. The molecular weight excluding hydrogens is 289 g/mol. The molecule has 7 heteroatoms. The molecule has 0 aliphatic rings. The molecule has 0 heterocycles. The fraction of sp³-hybridized carbons (Fsp3) is 0.125. The first-order chi connectivity index (χ1) is 6.97. The molecule has 0 amide bonds. The van der Waals surface area contributed by atoms with Crippen LogP contribution in [0.5, 0.6) is 5.75 Å². The van der Waals surface area contributed by atoms with Crippen LogP contribution in [0.1, 0.15) is 10.4 Å². The highest BCUT2D eigenvalue weighted by atomic mass is 79.9. The number of rotatable bonds is 3. The third kappa shape index (κ3) is 2.45. The highest BCUT2D eigenvalue weighted by Gasteiger charge is 2.20. The van der Waals surface area contributed by atoms with Gasteiger partial charge in [-0.05, 0) is 22.0 Å². The van der Waals surface area contributed by atoms with Crippen LogP contribution in [0.2, 0.25) is 0 Å². The zero-order valence-corrected chi connectivity index (χ0v) is 9.58. The van der Waals surface area contributed by atoms with E-state index in [4.69, 9.17) is 11.6 Å². The molecule has 0 saturated carbocycles. The molecule has 1 aromatic rings. The monoisotopic (exact) mass is 293 g/mol. The van der Waals surface area contributed by atoms with Crippen molar-refractivity contribution >= 4 is 39.0 Å².